The highest BCUT2D eigenvalue weighted by atomic mass is 127. The summed E-state index contributed by atoms with van der Waals surface area (Å²) in [5, 5.41) is 11.1. The SMILES string of the molecule is O=C(O)COc1ccc(/C=C2/SC(=O)N(CC(=O)Nc3ccccc3Cl)C2=O)cc1I. The van der Waals surface area contributed by atoms with E-state index in [4.69, 9.17) is 21.4 Å². The van der Waals surface area contributed by atoms with Crippen LogP contribution in [-0.2, 0) is 14.4 Å². The van der Waals surface area contributed by atoms with Crippen molar-refractivity contribution in [2.75, 3.05) is 18.5 Å². The van der Waals surface area contributed by atoms with Crippen molar-refractivity contribution in [2.45, 2.75) is 0 Å². The minimum atomic E-state index is -1.09. The number of nitrogens with one attached hydrogen (secondary N) is 1. The maximum absolute atomic E-state index is 12.6. The number of para-hydroxylation sites is 1. The second-order valence-corrected chi connectivity index (χ2v) is 8.73. The summed E-state index contributed by atoms with van der Waals surface area (Å²) in [7, 11) is 0. The molecule has 1 saturated heterocycles. The molecule has 2 aromatic rings. The summed E-state index contributed by atoms with van der Waals surface area (Å²) in [5.41, 5.74) is 1.01. The number of carboxylic acid groups (broad SMARTS) is 1. The van der Waals surface area contributed by atoms with Crippen molar-refractivity contribution in [3.63, 3.8) is 0 Å². The van der Waals surface area contributed by atoms with Gasteiger partial charge in [-0.25, -0.2) is 4.79 Å². The number of rotatable bonds is 7. The van der Waals surface area contributed by atoms with Crippen LogP contribution in [0, 0.1) is 3.57 Å². The number of benzene rings is 2. The molecule has 0 aliphatic carbocycles. The van der Waals surface area contributed by atoms with E-state index in [1.165, 1.54) is 6.08 Å². The van der Waals surface area contributed by atoms with Crippen LogP contribution in [0.15, 0.2) is 47.4 Å². The number of amides is 3. The van der Waals surface area contributed by atoms with E-state index >= 15 is 0 Å². The molecular formula is C20H14ClIN2O6S. The lowest BCUT2D eigenvalue weighted by molar-refractivity contribution is -0.139. The van der Waals surface area contributed by atoms with Crippen LogP contribution in [0.5, 0.6) is 5.75 Å². The van der Waals surface area contributed by atoms with Gasteiger partial charge in [0.05, 0.1) is 19.2 Å². The van der Waals surface area contributed by atoms with Crippen molar-refractivity contribution in [1.29, 1.82) is 0 Å². The first-order valence-corrected chi connectivity index (χ1v) is 11.0. The van der Waals surface area contributed by atoms with Gasteiger partial charge in [-0.15, -0.1) is 0 Å². The molecule has 0 radical (unpaired) electrons. The molecule has 0 unspecified atom stereocenters. The third-order valence-electron chi connectivity index (χ3n) is 3.93. The average Bonchev–Trinajstić information content (AvgIpc) is 2.96. The lowest BCUT2D eigenvalue weighted by Crippen LogP contribution is -2.36. The van der Waals surface area contributed by atoms with Gasteiger partial charge in [-0.05, 0) is 70.3 Å². The van der Waals surface area contributed by atoms with Gasteiger partial charge in [-0.2, -0.15) is 0 Å². The number of aliphatic carboxylic acids is 1. The number of carbonyl (C=O) groups is 4. The van der Waals surface area contributed by atoms with Crippen LogP contribution in [0.1, 0.15) is 5.56 Å². The molecule has 1 heterocycles. The van der Waals surface area contributed by atoms with Gasteiger partial charge in [0.15, 0.2) is 6.61 Å². The summed E-state index contributed by atoms with van der Waals surface area (Å²) in [5.74, 6) is -1.83. The molecule has 3 rings (SSSR count). The molecule has 3 amide bonds. The van der Waals surface area contributed by atoms with E-state index in [-0.39, 0.29) is 4.91 Å². The van der Waals surface area contributed by atoms with Crippen LogP contribution in [0.3, 0.4) is 0 Å². The quantitative estimate of drug-likeness (QED) is 0.380. The Balaban J connectivity index is 1.68. The Hall–Kier alpha value is -2.57. The molecule has 1 aliphatic rings. The van der Waals surface area contributed by atoms with E-state index in [0.717, 1.165) is 16.7 Å². The fraction of sp³-hybridized carbons (Fsp3) is 0.100. The van der Waals surface area contributed by atoms with Gasteiger partial charge in [-0.3, -0.25) is 19.3 Å². The number of hydrogen-bond acceptors (Lipinski definition) is 6. The molecule has 0 atom stereocenters. The third kappa shape index (κ3) is 5.99. The Bertz CT molecular complexity index is 1110. The van der Waals surface area contributed by atoms with Crippen LogP contribution < -0.4 is 10.1 Å². The zero-order chi connectivity index (χ0) is 22.5. The van der Waals surface area contributed by atoms with Crippen molar-refractivity contribution in [2.24, 2.45) is 0 Å². The molecule has 2 N–H and O–H groups in total. The first kappa shape index (κ1) is 23.1. The first-order chi connectivity index (χ1) is 14.7. The molecule has 0 saturated carbocycles. The minimum absolute atomic E-state index is 0.172. The standard InChI is InChI=1S/C20H14ClIN2O6S/c21-12-3-1-2-4-14(12)23-17(25)9-24-19(28)16(31-20(24)29)8-11-5-6-15(13(22)7-11)30-10-18(26)27/h1-8H,9-10H2,(H,23,25)(H,26,27)/b16-8+. The number of hydrogen-bond donors (Lipinski definition) is 2. The van der Waals surface area contributed by atoms with E-state index in [2.05, 4.69) is 5.32 Å². The smallest absolute Gasteiger partial charge is 0.341 e. The van der Waals surface area contributed by atoms with Crippen molar-refractivity contribution in [1.82, 2.24) is 4.90 Å². The van der Waals surface area contributed by atoms with Crippen LogP contribution >= 0.6 is 46.0 Å². The molecule has 0 aromatic heterocycles. The van der Waals surface area contributed by atoms with E-state index in [1.54, 1.807) is 42.5 Å². The number of carboxylic acids is 1. The molecular weight excluding hydrogens is 559 g/mol. The Labute approximate surface area is 199 Å². The van der Waals surface area contributed by atoms with Gasteiger partial charge in [-0.1, -0.05) is 29.8 Å². The van der Waals surface area contributed by atoms with Crippen LogP contribution in [-0.4, -0.2) is 46.2 Å². The largest absolute Gasteiger partial charge is 0.481 e. The summed E-state index contributed by atoms with van der Waals surface area (Å²) in [4.78, 5) is 48.8. The Kier molecular flexibility index (Phi) is 7.57. The summed E-state index contributed by atoms with van der Waals surface area (Å²) in [6.45, 7) is -0.906. The molecule has 2 aromatic carbocycles. The van der Waals surface area contributed by atoms with Crippen molar-refractivity contribution >= 4 is 80.7 Å². The predicted octanol–water partition coefficient (Wildman–Crippen LogP) is 4.08. The fourth-order valence-electron chi connectivity index (χ4n) is 2.55. The monoisotopic (exact) mass is 572 g/mol. The van der Waals surface area contributed by atoms with Gasteiger partial charge in [0.1, 0.15) is 12.3 Å². The van der Waals surface area contributed by atoms with E-state index in [9.17, 15) is 19.2 Å². The minimum Gasteiger partial charge on any atom is -0.481 e. The molecule has 31 heavy (non-hydrogen) atoms. The van der Waals surface area contributed by atoms with Crippen LogP contribution in [0.4, 0.5) is 10.5 Å². The molecule has 1 aliphatic heterocycles. The third-order valence-corrected chi connectivity index (χ3v) is 6.01. The maximum Gasteiger partial charge on any atom is 0.341 e. The van der Waals surface area contributed by atoms with Gasteiger partial charge >= 0.3 is 5.97 Å². The molecule has 0 spiro atoms. The van der Waals surface area contributed by atoms with E-state index < -0.39 is 36.2 Å². The number of ether oxygens (including phenoxy) is 1. The predicted molar refractivity (Wildman–Crippen MR) is 125 cm³/mol. The van der Waals surface area contributed by atoms with Crippen molar-refractivity contribution in [3.8, 4) is 5.75 Å². The highest BCUT2D eigenvalue weighted by molar-refractivity contribution is 14.1. The summed E-state index contributed by atoms with van der Waals surface area (Å²) >= 11 is 8.72. The lowest BCUT2D eigenvalue weighted by atomic mass is 10.2. The zero-order valence-electron chi connectivity index (χ0n) is 15.6. The highest BCUT2D eigenvalue weighted by Crippen LogP contribution is 2.33. The second-order valence-electron chi connectivity index (χ2n) is 6.17. The van der Waals surface area contributed by atoms with Gasteiger partial charge in [0.2, 0.25) is 5.91 Å². The number of nitrogens with zero attached hydrogens (tertiary/aromatic N) is 1. The maximum atomic E-state index is 12.6. The van der Waals surface area contributed by atoms with E-state index in [1.807, 2.05) is 22.6 Å². The van der Waals surface area contributed by atoms with E-state index in [0.29, 0.717) is 25.6 Å². The first-order valence-electron chi connectivity index (χ1n) is 8.68. The van der Waals surface area contributed by atoms with Crippen molar-refractivity contribution in [3.05, 3.63) is 61.5 Å². The summed E-state index contributed by atoms with van der Waals surface area (Å²) in [6.07, 6.45) is 1.53. The van der Waals surface area contributed by atoms with Gasteiger partial charge in [0, 0.05) is 0 Å². The summed E-state index contributed by atoms with van der Waals surface area (Å²) in [6, 6.07) is 11.5. The van der Waals surface area contributed by atoms with Crippen LogP contribution in [0.25, 0.3) is 6.08 Å². The Morgan fingerprint density at radius 1 is 1.23 bits per heavy atom. The van der Waals surface area contributed by atoms with Gasteiger partial charge in [0.25, 0.3) is 11.1 Å². The molecule has 8 nitrogen and oxygen atoms in total. The number of anilines is 1. The topological polar surface area (TPSA) is 113 Å². The Morgan fingerprint density at radius 3 is 2.65 bits per heavy atom. The number of halogens is 2. The average molecular weight is 573 g/mol. The molecule has 0 bridgehead atoms. The Morgan fingerprint density at radius 2 is 1.97 bits per heavy atom. The summed E-state index contributed by atoms with van der Waals surface area (Å²) < 4.78 is 5.81. The molecule has 160 valence electrons. The zero-order valence-corrected chi connectivity index (χ0v) is 19.4. The molecule has 11 heteroatoms. The van der Waals surface area contributed by atoms with Gasteiger partial charge < -0.3 is 15.2 Å². The lowest BCUT2D eigenvalue weighted by Gasteiger charge is -2.13. The van der Waals surface area contributed by atoms with Crippen molar-refractivity contribution < 1.29 is 29.0 Å². The normalized spacial score (nSPS) is 14.8. The number of thioether (sulfide) groups is 1. The highest BCUT2D eigenvalue weighted by Gasteiger charge is 2.36. The molecule has 1 fully saturated rings. The second kappa shape index (κ2) is 10.2. The number of imide groups is 1. The number of carbonyl (C=O) groups excluding carboxylic acids is 3. The van der Waals surface area contributed by atoms with Crippen LogP contribution in [0.2, 0.25) is 5.02 Å². The fourth-order valence-corrected chi connectivity index (χ4v) is 4.26.